The number of alkyl halides is 5. The number of halogens is 7. The fourth-order valence-electron chi connectivity index (χ4n) is 8.30. The number of nitrogens with two attached hydrogens (primary N) is 2. The molecule has 2 amide bonds. The molecule has 8 rings (SSSR count). The molecule has 40 heteroatoms. The number of esters is 1. The number of fused-ring (bicyclic) bond motifs is 1. The number of carbonyl (C=O) groups excluding carboxylic acids is 6. The maximum absolute atomic E-state index is 11.9. The fourth-order valence-corrected chi connectivity index (χ4v) is 9.45. The zero-order chi connectivity index (χ0) is 85.6. The predicted molar refractivity (Wildman–Crippen MR) is 435 cm³/mol. The molecule has 0 bridgehead atoms. The van der Waals surface area contributed by atoms with Crippen molar-refractivity contribution in [1.82, 2.24) is 15.1 Å². The van der Waals surface area contributed by atoms with Crippen molar-refractivity contribution in [2.45, 2.75) is 167 Å². The van der Waals surface area contributed by atoms with Gasteiger partial charge in [-0.2, -0.15) is 0 Å². The molecule has 0 saturated carbocycles. The van der Waals surface area contributed by atoms with Gasteiger partial charge in [0.15, 0.2) is 45.4 Å². The molecular weight excluding hydrogens is 1820 g/mol. The number of nitrogens with one attached hydrogen (secondary N) is 1. The van der Waals surface area contributed by atoms with Crippen LogP contribution in [-0.4, -0.2) is 218 Å². The molecule has 605 valence electrons. The smallest absolute Gasteiger partial charge is 0.399 e. The van der Waals surface area contributed by atoms with E-state index in [4.69, 9.17) is 83.7 Å². The molecule has 30 nitrogen and oxygen atoms in total. The molecule has 0 spiro atoms. The van der Waals surface area contributed by atoms with E-state index in [1.165, 1.54) is 25.7 Å². The van der Waals surface area contributed by atoms with E-state index in [2.05, 4.69) is 127 Å². The van der Waals surface area contributed by atoms with Crippen LogP contribution in [0, 0.1) is 40.5 Å². The number of benzene rings is 3. The number of morpholine rings is 1. The molecule has 5 fully saturated rings. The van der Waals surface area contributed by atoms with Crippen molar-refractivity contribution < 1.29 is 134 Å². The minimum atomic E-state index is -1.62. The molecule has 5 aliphatic heterocycles. The van der Waals surface area contributed by atoms with Gasteiger partial charge in [0.25, 0.3) is 5.91 Å². The summed E-state index contributed by atoms with van der Waals surface area (Å²) in [5.74, 6) is -0.740. The average Bonchev–Trinajstić information content (AvgIpc) is 1.73. The molecule has 3 aromatic carbocycles. The van der Waals surface area contributed by atoms with E-state index < -0.39 is 70.3 Å². The Kier molecular flexibility index (Phi) is 60.5. The number of allylic oxidation sites excluding steroid dienone is 1. The number of amides is 2. The van der Waals surface area contributed by atoms with Crippen molar-refractivity contribution in [2.75, 3.05) is 60.4 Å². The van der Waals surface area contributed by atoms with E-state index in [0.717, 1.165) is 66.5 Å². The number of nitrogens with zero attached hydrogens (tertiary/aromatic N) is 7. The Labute approximate surface area is 720 Å². The zero-order valence-electron chi connectivity index (χ0n) is 63.8. The molecule has 3 aromatic rings. The second kappa shape index (κ2) is 59.0. The van der Waals surface area contributed by atoms with Gasteiger partial charge in [0.2, 0.25) is 11.1 Å². The van der Waals surface area contributed by atoms with Crippen LogP contribution in [0.15, 0.2) is 83.2 Å². The molecule has 0 aromatic heterocycles. The van der Waals surface area contributed by atoms with Crippen LogP contribution in [0.2, 0.25) is 0 Å². The minimum absolute atomic E-state index is 0. The normalized spacial score (nSPS) is 18.9. The molecule has 8 atom stereocenters. The van der Waals surface area contributed by atoms with Gasteiger partial charge in [-0.15, -0.1) is 17.0 Å². The Balaban J connectivity index is -0.000000279. The van der Waals surface area contributed by atoms with Crippen LogP contribution in [-0.2, 0) is 70.3 Å². The number of nitrogen functional groups attached to an aromatic ring is 1. The summed E-state index contributed by atoms with van der Waals surface area (Å²) < 4.78 is 28.5. The minimum Gasteiger partial charge on any atom is -0.399 e. The molecule has 5 heterocycles. The van der Waals surface area contributed by atoms with Crippen LogP contribution < -0.4 is 46.5 Å². The first-order chi connectivity index (χ1) is 50.5. The van der Waals surface area contributed by atoms with Crippen LogP contribution in [0.3, 0.4) is 0 Å². The number of carboxylic acids is 4. The number of carbonyl (C=O) groups is 10. The number of thiol groups is 1. The largest absolute Gasteiger partial charge is 1.00 e. The Morgan fingerprint density at radius 1 is 0.773 bits per heavy atom. The summed E-state index contributed by atoms with van der Waals surface area (Å²) in [4.78, 5) is 122. The standard InChI is InChI=1S/C13H14BrNO2.C13H13NO2.C9H12BrNO3.C9H13NO3.C8H8N2.C5H9NO2.2C4H7BrO3.C4H5ClO.CH3F.BHNS.BrH.H3N2O.Na/c1-9-6-10(4-5-11(9)15-3)7-12(16)13(2,17)8-14;1-9-6-10(4-5-11(9)14-3)7-12(15)13(2)8-16-13;1-9(5-10)8(13)11-4-2-3-6(11)7(12)14-9;1-6(2)8(11)10-5-3-4-7(10)9(12)13;1-6-5-7(9)3-4-8(6)10-2;7-5(8)4-2-1-3-6-4;2*1-4(8,2-5)3(6)7;1-3(2)4(5)6;1-2;1-2-3;;1-2-3;/h4-6,17H,7-8H2,1-2H3;4-6H,7-8H2,1-2H3;6H,2-5H2,1H3;7H,1,3-5H2,2H3,(H,12,13);3-5H,9H2,1H3;4,6H,1-3H2,(H,7,8);2*8H,2H2,1H3,(H,6,7);1H2,2H3;1H3;3H;1H;3H,1H2;/q;;;;;;;;;;;;-1;+1/t2*13-;6-,9+;7-;;3*4-;;;;;;/m1100.011....../s1/i;;;;;;;;;1D;;;;. The van der Waals surface area contributed by atoms with Gasteiger partial charge in [-0.05, 0) is 166 Å². The number of aliphatic carboxylic acids is 4. The number of likely N-dealkylation sites (tertiary alicyclic amines) is 1. The third kappa shape index (κ3) is 44.0. The van der Waals surface area contributed by atoms with Crippen LogP contribution in [0.25, 0.3) is 20.1 Å². The van der Waals surface area contributed by atoms with Crippen LogP contribution in [0.4, 0.5) is 27.1 Å². The molecule has 5 saturated heterocycles. The molecule has 13 N–H and O–H groups in total. The average molecular weight is 1920 g/mol. The number of Topliss-reactive ketones (excluding diaryl/α,β-unsaturated/α-hetero) is 2. The topological polar surface area (TPSA) is 464 Å². The number of aliphatic hydroxyl groups is 3. The Morgan fingerprint density at radius 2 is 1.17 bits per heavy atom. The molecule has 1 radical (unpaired) electrons. The van der Waals surface area contributed by atoms with Crippen molar-refractivity contribution >= 4 is 194 Å². The first-order valence-corrected chi connectivity index (χ1v) is 37.0. The Morgan fingerprint density at radius 3 is 1.47 bits per heavy atom. The van der Waals surface area contributed by atoms with E-state index >= 15 is 0 Å². The van der Waals surface area contributed by atoms with Gasteiger partial charge in [-0.3, -0.25) is 33.2 Å². The quantitative estimate of drug-likeness (QED) is 0.00548. The number of epoxide rings is 1. The summed E-state index contributed by atoms with van der Waals surface area (Å²) in [6.07, 6.45) is 5.29. The van der Waals surface area contributed by atoms with Gasteiger partial charge in [0, 0.05) is 58.8 Å². The molecule has 0 unspecified atom stereocenters. The molecular formula is C70H96BBr5ClFN10NaO20S. The maximum Gasteiger partial charge on any atom is 1.00 e. The maximum atomic E-state index is 11.9. The second-order valence-electron chi connectivity index (χ2n) is 24.7. The van der Waals surface area contributed by atoms with Gasteiger partial charge in [-0.25, -0.2) is 33.7 Å². The number of aryl methyl sites for hydroxylation is 3. The number of hydrogen-bond donors (Lipinski definition) is 12. The van der Waals surface area contributed by atoms with Gasteiger partial charge in [0.1, 0.15) is 29.3 Å². The zero-order valence-corrected chi connectivity index (χ0v) is 74.5. The summed E-state index contributed by atoms with van der Waals surface area (Å²) >= 11 is 20.1. The third-order valence-electron chi connectivity index (χ3n) is 15.0. The predicted octanol–water partition coefficient (Wildman–Crippen LogP) is 8.26. The van der Waals surface area contributed by atoms with Crippen LogP contribution in [0.5, 0.6) is 0 Å². The van der Waals surface area contributed by atoms with Crippen molar-refractivity contribution in [3.05, 3.63) is 147 Å². The number of hydrogen-bond acceptors (Lipinski definition) is 21. The molecule has 0 aliphatic carbocycles. The first-order valence-electron chi connectivity index (χ1n) is 32.5. The number of anilines is 1. The fraction of sp³-hybridized carbons (Fsp3) is 0.500. The van der Waals surface area contributed by atoms with Crippen molar-refractivity contribution in [3.63, 3.8) is 0 Å². The van der Waals surface area contributed by atoms with E-state index in [9.17, 15) is 57.4 Å². The second-order valence-corrected chi connectivity index (χ2v) is 27.5. The molecule has 5 aliphatic rings. The van der Waals surface area contributed by atoms with E-state index in [1.807, 2.05) is 51.5 Å². The summed E-state index contributed by atoms with van der Waals surface area (Å²) in [6.45, 7) is 46.2. The number of ether oxygens (including phenoxy) is 2. The number of rotatable bonds is 16. The summed E-state index contributed by atoms with van der Waals surface area (Å²) in [5, 5.41) is 70.8. The number of ketones is 2. The third-order valence-corrected chi connectivity index (χ3v) is 19.6. The summed E-state index contributed by atoms with van der Waals surface area (Å²) in [7, 11) is 3.34. The number of carboxylic acid groups (broad SMARTS) is 4. The van der Waals surface area contributed by atoms with Gasteiger partial charge in [-0.1, -0.05) is 119 Å². The van der Waals surface area contributed by atoms with Crippen molar-refractivity contribution in [3.8, 4) is 0 Å². The monoisotopic (exact) mass is 1910 g/mol. The SMILES string of the molecule is Br.C=C(C)C(=O)Cl.C=C(C)C(=O)N1CCC[C@H]1C(=O)O.C[C@@](O)(CBr)C(=O)O.C[C@@](O)(CBr)C(=O)O.C[C@]1(CBr)OC(=O)[C@@H]2CCCN2C1=O.N[N-]O.O=C(O)[C@@H]1CCCN1.[2H]CF.[B]=NS.[C-]#[N+]c1ccc(CC(=O)[C@@]2(C)CO2)cc1C.[C-]#[N+]c1ccc(CC(=O)[C@](C)(O)CBr)cc1C.[C-]#[N+]c1ccc(N)cc1C.[Na+]. The summed E-state index contributed by atoms with van der Waals surface area (Å²) in [5.41, 5.74) is 9.22. The van der Waals surface area contributed by atoms with Gasteiger partial charge >= 0.3 is 84.2 Å². The van der Waals surface area contributed by atoms with Crippen molar-refractivity contribution in [1.29, 1.82) is 0 Å². The summed E-state index contributed by atoms with van der Waals surface area (Å²) in [6, 6.07) is 14.8. The van der Waals surface area contributed by atoms with E-state index in [1.54, 1.807) is 62.1 Å². The Bertz CT molecular complexity index is 3670. The van der Waals surface area contributed by atoms with E-state index in [0.29, 0.717) is 71.8 Å². The number of cyclic esters (lactones) is 1. The van der Waals surface area contributed by atoms with Gasteiger partial charge < -0.3 is 82.7 Å². The molecule has 110 heavy (non-hydrogen) atoms. The van der Waals surface area contributed by atoms with Crippen LogP contribution >= 0.6 is 105 Å². The van der Waals surface area contributed by atoms with Crippen molar-refractivity contribution in [2.24, 2.45) is 10.1 Å². The van der Waals surface area contributed by atoms with E-state index in [-0.39, 0.29) is 110 Å². The Hall–Kier alpha value is -5.78. The van der Waals surface area contributed by atoms with Crippen LogP contribution in [0.1, 0.15) is 116 Å². The first kappa shape index (κ1) is 113. The van der Waals surface area contributed by atoms with Gasteiger partial charge in [0.05, 0.1) is 40.2 Å².